The van der Waals surface area contributed by atoms with Crippen LogP contribution in [0.3, 0.4) is 0 Å². The van der Waals surface area contributed by atoms with E-state index in [4.69, 9.17) is 5.11 Å². The third-order valence-corrected chi connectivity index (χ3v) is 5.23. The number of fused-ring (bicyclic) bond motifs is 1. The van der Waals surface area contributed by atoms with E-state index in [0.717, 1.165) is 65.6 Å². The van der Waals surface area contributed by atoms with Crippen LogP contribution in [0.5, 0.6) is 0 Å². The summed E-state index contributed by atoms with van der Waals surface area (Å²) in [6.45, 7) is 9.75. The van der Waals surface area contributed by atoms with E-state index >= 15 is 0 Å². The van der Waals surface area contributed by atoms with Gasteiger partial charge in [-0.05, 0) is 75.6 Å². The van der Waals surface area contributed by atoms with Crippen LogP contribution in [0, 0.1) is 5.92 Å². The van der Waals surface area contributed by atoms with Crippen LogP contribution in [0.25, 0.3) is 22.0 Å². The molecule has 2 heterocycles. The van der Waals surface area contributed by atoms with E-state index in [1.165, 1.54) is 5.57 Å². The highest BCUT2D eigenvalue weighted by Crippen LogP contribution is 2.27. The van der Waals surface area contributed by atoms with Crippen molar-refractivity contribution < 1.29 is 9.90 Å². The van der Waals surface area contributed by atoms with Crippen LogP contribution in [0.15, 0.2) is 54.6 Å². The number of anilines is 1. The molecule has 0 bridgehead atoms. The van der Waals surface area contributed by atoms with Crippen molar-refractivity contribution in [3.8, 4) is 11.1 Å². The first kappa shape index (κ1) is 25.3. The maximum absolute atomic E-state index is 10.2. The van der Waals surface area contributed by atoms with Crippen LogP contribution >= 0.6 is 0 Å². The molecule has 1 aliphatic rings. The molecule has 0 radical (unpaired) electrons. The summed E-state index contributed by atoms with van der Waals surface area (Å²) in [5.74, 6) is 1.20. The van der Waals surface area contributed by atoms with Crippen LogP contribution in [-0.2, 0) is 11.4 Å². The summed E-state index contributed by atoms with van der Waals surface area (Å²) < 4.78 is 0. The van der Waals surface area contributed by atoms with Gasteiger partial charge in [0.05, 0.1) is 12.1 Å². The van der Waals surface area contributed by atoms with Crippen LogP contribution in [0.4, 0.5) is 5.82 Å². The molecular weight excluding hydrogens is 400 g/mol. The van der Waals surface area contributed by atoms with E-state index in [1.807, 2.05) is 51.2 Å². The van der Waals surface area contributed by atoms with Crippen molar-refractivity contribution in [3.63, 3.8) is 0 Å². The van der Waals surface area contributed by atoms with Crippen LogP contribution in [0.1, 0.15) is 32.3 Å². The zero-order valence-corrected chi connectivity index (χ0v) is 19.7. The Morgan fingerprint density at radius 3 is 2.31 bits per heavy atom. The summed E-state index contributed by atoms with van der Waals surface area (Å²) >= 11 is 0. The highest BCUT2D eigenvalue weighted by atomic mass is 16.3. The smallest absolute Gasteiger partial charge is 0.155 e. The Morgan fingerprint density at radius 2 is 1.78 bits per heavy atom. The molecule has 6 heteroatoms. The molecule has 0 unspecified atom stereocenters. The number of likely N-dealkylation sites (tertiary alicyclic amines) is 1. The summed E-state index contributed by atoms with van der Waals surface area (Å²) in [5, 5.41) is 20.4. The third-order valence-electron chi connectivity index (χ3n) is 5.23. The van der Waals surface area contributed by atoms with E-state index < -0.39 is 0 Å². The molecule has 0 spiro atoms. The molecule has 1 fully saturated rings. The monoisotopic (exact) mass is 436 g/mol. The van der Waals surface area contributed by atoms with Crippen molar-refractivity contribution in [1.29, 1.82) is 0 Å². The molecule has 172 valence electrons. The molecule has 1 saturated heterocycles. The Bertz CT molecular complexity index is 983. The number of rotatable bonds is 4. The number of hydrogen-bond acceptors (Lipinski definition) is 5. The lowest BCUT2D eigenvalue weighted by Gasteiger charge is -2.25. The molecule has 3 N–H and O–H groups in total. The largest absolute Gasteiger partial charge is 0.392 e. The molecular formula is C26H36N4O2. The van der Waals surface area contributed by atoms with Gasteiger partial charge in [0.2, 0.25) is 0 Å². The second-order valence-electron chi connectivity index (χ2n) is 8.42. The van der Waals surface area contributed by atoms with Crippen LogP contribution in [0.2, 0.25) is 0 Å². The predicted octanol–water partition coefficient (Wildman–Crippen LogP) is 4.87. The number of aliphatic hydroxyl groups is 1. The fraction of sp³-hybridized carbons (Fsp3) is 0.385. The van der Waals surface area contributed by atoms with E-state index in [1.54, 1.807) is 0 Å². The second kappa shape index (κ2) is 12.8. The van der Waals surface area contributed by atoms with Gasteiger partial charge in [0.25, 0.3) is 0 Å². The Balaban J connectivity index is 0.000000233. The second-order valence-corrected chi connectivity index (χ2v) is 8.42. The number of aliphatic hydroxyl groups excluding tert-OH is 1. The summed E-state index contributed by atoms with van der Waals surface area (Å²) in [6, 6.07) is 14.1. The van der Waals surface area contributed by atoms with Crippen molar-refractivity contribution in [1.82, 2.24) is 15.1 Å². The van der Waals surface area contributed by atoms with E-state index in [-0.39, 0.29) is 6.61 Å². The lowest BCUT2D eigenvalue weighted by Crippen LogP contribution is -2.30. The zero-order chi connectivity index (χ0) is 23.5. The third kappa shape index (κ3) is 7.62. The highest BCUT2D eigenvalue weighted by Gasteiger charge is 2.14. The van der Waals surface area contributed by atoms with Gasteiger partial charge in [-0.25, -0.2) is 0 Å². The molecule has 6 nitrogen and oxygen atoms in total. The molecule has 0 aliphatic carbocycles. The van der Waals surface area contributed by atoms with Gasteiger partial charge in [-0.3, -0.25) is 5.10 Å². The van der Waals surface area contributed by atoms with E-state index in [2.05, 4.69) is 46.2 Å². The summed E-state index contributed by atoms with van der Waals surface area (Å²) in [5.41, 5.74) is 5.36. The van der Waals surface area contributed by atoms with Crippen LogP contribution < -0.4 is 5.32 Å². The number of H-pyrrole nitrogens is 1. The molecule has 1 aromatic heterocycles. The summed E-state index contributed by atoms with van der Waals surface area (Å²) in [4.78, 5) is 12.5. The van der Waals surface area contributed by atoms with Crippen LogP contribution in [-0.4, -0.2) is 53.7 Å². The minimum atomic E-state index is 0.0744. The van der Waals surface area contributed by atoms with E-state index in [9.17, 15) is 4.79 Å². The van der Waals surface area contributed by atoms with E-state index in [0.29, 0.717) is 5.92 Å². The lowest BCUT2D eigenvalue weighted by atomic mass is 9.99. The van der Waals surface area contributed by atoms with Crippen molar-refractivity contribution in [3.05, 3.63) is 60.2 Å². The molecule has 4 rings (SSSR count). The number of carbonyl (C=O) groups excluding carboxylic acids is 1. The van der Waals surface area contributed by atoms with Gasteiger partial charge in [-0.15, -0.1) is 6.58 Å². The van der Waals surface area contributed by atoms with Crippen molar-refractivity contribution >= 4 is 23.0 Å². The van der Waals surface area contributed by atoms with Crippen molar-refractivity contribution in [2.45, 2.75) is 33.3 Å². The predicted molar refractivity (Wildman–Crippen MR) is 134 cm³/mol. The Labute approximate surface area is 191 Å². The number of hydrogen-bond donors (Lipinski definition) is 3. The number of benzene rings is 2. The van der Waals surface area contributed by atoms with Gasteiger partial charge in [-0.1, -0.05) is 35.9 Å². The minimum Gasteiger partial charge on any atom is -0.392 e. The average Bonchev–Trinajstić information content (AvgIpc) is 3.22. The Morgan fingerprint density at radius 1 is 1.19 bits per heavy atom. The lowest BCUT2D eigenvalue weighted by molar-refractivity contribution is -0.112. The molecule has 1 aliphatic heterocycles. The first-order chi connectivity index (χ1) is 15.4. The number of aromatic amines is 1. The Hall–Kier alpha value is -2.96. The van der Waals surface area contributed by atoms with Crippen molar-refractivity contribution in [2.75, 3.05) is 32.5 Å². The minimum absolute atomic E-state index is 0.0744. The Kier molecular flexibility index (Phi) is 10.1. The van der Waals surface area contributed by atoms with Gasteiger partial charge in [0, 0.05) is 18.4 Å². The molecule has 0 atom stereocenters. The average molecular weight is 437 g/mol. The molecule has 0 amide bonds. The number of nitrogens with one attached hydrogen (secondary N) is 2. The molecule has 3 aromatic rings. The number of allylic oxidation sites excluding steroid dienone is 1. The quantitative estimate of drug-likeness (QED) is 0.401. The van der Waals surface area contributed by atoms with Gasteiger partial charge in [0.1, 0.15) is 6.29 Å². The number of nitrogens with zero attached hydrogens (tertiary/aromatic N) is 2. The first-order valence-electron chi connectivity index (χ1n) is 11.0. The molecule has 0 saturated carbocycles. The number of carbonyl (C=O) groups is 1. The normalized spacial score (nSPS) is 14.0. The summed E-state index contributed by atoms with van der Waals surface area (Å²) in [6.07, 6.45) is 3.20. The highest BCUT2D eigenvalue weighted by molar-refractivity contribution is 5.93. The summed E-state index contributed by atoms with van der Waals surface area (Å²) in [7, 11) is 3.96. The SMILES string of the molecule is C=C(C)C.CN1CCC(C=O)CC1.CNc1n[nH]c2ccc(-c3ccc(CO)cc3)cc12. The van der Waals surface area contributed by atoms with Gasteiger partial charge in [-0.2, -0.15) is 5.10 Å². The molecule has 32 heavy (non-hydrogen) atoms. The standard InChI is InChI=1S/C15H15N3O.C7H13NO.C4H8/c1-16-15-13-8-12(6-7-14(13)17-18-15)11-4-2-10(9-19)3-5-11;1-8-4-2-7(6-9)3-5-8;1-4(2)3/h2-8,19H,9H2,1H3,(H2,16,17,18);6-7H,2-5H2,1H3;1H2,2-3H3. The topological polar surface area (TPSA) is 81.2 Å². The van der Waals surface area contributed by atoms with Gasteiger partial charge in [0.15, 0.2) is 5.82 Å². The maximum atomic E-state index is 10.2. The number of piperidine rings is 1. The van der Waals surface area contributed by atoms with Gasteiger partial charge >= 0.3 is 0 Å². The number of aldehydes is 1. The van der Waals surface area contributed by atoms with Crippen molar-refractivity contribution in [2.24, 2.45) is 5.92 Å². The van der Waals surface area contributed by atoms with Gasteiger partial charge < -0.3 is 20.1 Å². The first-order valence-corrected chi connectivity index (χ1v) is 11.0. The fourth-order valence-corrected chi connectivity index (χ4v) is 3.35. The molecule has 2 aromatic carbocycles. The zero-order valence-electron chi connectivity index (χ0n) is 19.7. The maximum Gasteiger partial charge on any atom is 0.155 e. The number of aromatic nitrogens is 2. The fourth-order valence-electron chi connectivity index (χ4n) is 3.35.